The van der Waals surface area contributed by atoms with Crippen molar-refractivity contribution in [2.45, 2.75) is 57.1 Å². The van der Waals surface area contributed by atoms with E-state index in [0.717, 1.165) is 38.2 Å². The number of rotatable bonds is 7. The highest BCUT2D eigenvalue weighted by Crippen LogP contribution is 2.35. The fourth-order valence-corrected chi connectivity index (χ4v) is 3.71. The normalized spacial score (nSPS) is 17.1. The number of halogens is 6. The van der Waals surface area contributed by atoms with Crippen LogP contribution in [0.2, 0.25) is 0 Å². The molecule has 1 aliphatic carbocycles. The number of nitrogens with one attached hydrogen (secondary N) is 1. The highest BCUT2D eigenvalue weighted by atomic mass is 32.2. The second kappa shape index (κ2) is 9.44. The topological polar surface area (TPSA) is 67.8 Å². The lowest BCUT2D eigenvalue weighted by molar-refractivity contribution is -0.137. The van der Waals surface area contributed by atoms with Crippen molar-refractivity contribution >= 4 is 21.4 Å². The van der Waals surface area contributed by atoms with Gasteiger partial charge in [-0.2, -0.15) is 34.8 Å². The Labute approximate surface area is 170 Å². The standard InChI is InChI=1S/C18H22F6N2O3S/c1-2-15(25-29-11-12-6-4-3-5-7-12)14-9-8-13(17(19,20)21)10-16(14)26-30(27,28)18(22,23)24/h8-10,12,26H,2-7,11H2,1H3. The van der Waals surface area contributed by atoms with Gasteiger partial charge in [-0.3, -0.25) is 4.72 Å². The molecule has 1 aliphatic rings. The first-order valence-electron chi connectivity index (χ1n) is 9.34. The summed E-state index contributed by atoms with van der Waals surface area (Å²) in [5.74, 6) is 0.274. The molecule has 30 heavy (non-hydrogen) atoms. The number of oxime groups is 1. The van der Waals surface area contributed by atoms with Crippen LogP contribution < -0.4 is 4.72 Å². The molecule has 0 spiro atoms. The van der Waals surface area contributed by atoms with E-state index in [0.29, 0.717) is 12.1 Å². The summed E-state index contributed by atoms with van der Waals surface area (Å²) >= 11 is 0. The average Bonchev–Trinajstić information content (AvgIpc) is 2.64. The van der Waals surface area contributed by atoms with Crippen LogP contribution in [0.3, 0.4) is 0 Å². The minimum absolute atomic E-state index is 0.0272. The maximum absolute atomic E-state index is 13.0. The lowest BCUT2D eigenvalue weighted by atomic mass is 9.90. The highest BCUT2D eigenvalue weighted by molar-refractivity contribution is 7.93. The number of sulfonamides is 1. The second-order valence-electron chi connectivity index (χ2n) is 7.00. The summed E-state index contributed by atoms with van der Waals surface area (Å²) in [6, 6.07) is 1.83. The Hall–Kier alpha value is -1.98. The summed E-state index contributed by atoms with van der Waals surface area (Å²) < 4.78 is 101. The van der Waals surface area contributed by atoms with Crippen molar-refractivity contribution in [3.63, 3.8) is 0 Å². The monoisotopic (exact) mass is 460 g/mol. The van der Waals surface area contributed by atoms with Gasteiger partial charge < -0.3 is 4.84 Å². The third-order valence-electron chi connectivity index (χ3n) is 4.75. The van der Waals surface area contributed by atoms with Crippen molar-refractivity contribution in [1.29, 1.82) is 0 Å². The molecule has 1 aromatic rings. The average molecular weight is 460 g/mol. The predicted molar refractivity (Wildman–Crippen MR) is 99.4 cm³/mol. The van der Waals surface area contributed by atoms with E-state index >= 15 is 0 Å². The zero-order valence-corrected chi connectivity index (χ0v) is 16.9. The van der Waals surface area contributed by atoms with Crippen LogP contribution in [0.4, 0.5) is 32.0 Å². The molecule has 0 amide bonds. The summed E-state index contributed by atoms with van der Waals surface area (Å²) in [6.45, 7) is 1.84. The molecule has 1 saturated carbocycles. The molecule has 1 fully saturated rings. The summed E-state index contributed by atoms with van der Waals surface area (Å²) in [4.78, 5) is 5.30. The maximum Gasteiger partial charge on any atom is 0.516 e. The Balaban J connectivity index is 2.36. The van der Waals surface area contributed by atoms with Crippen molar-refractivity contribution in [2.24, 2.45) is 11.1 Å². The van der Waals surface area contributed by atoms with Crippen LogP contribution in [0.15, 0.2) is 23.4 Å². The Morgan fingerprint density at radius 1 is 1.13 bits per heavy atom. The predicted octanol–water partition coefficient (Wildman–Crippen LogP) is 5.68. The number of benzene rings is 1. The quantitative estimate of drug-likeness (QED) is 0.324. The van der Waals surface area contributed by atoms with E-state index in [1.54, 1.807) is 6.92 Å². The largest absolute Gasteiger partial charge is 0.516 e. The van der Waals surface area contributed by atoms with Crippen molar-refractivity contribution in [3.8, 4) is 0 Å². The fourth-order valence-electron chi connectivity index (χ4n) is 3.14. The Morgan fingerprint density at radius 3 is 2.30 bits per heavy atom. The Bertz CT molecular complexity index is 860. The van der Waals surface area contributed by atoms with Crippen LogP contribution in [0.5, 0.6) is 0 Å². The summed E-state index contributed by atoms with van der Waals surface area (Å²) in [7, 11) is -5.93. The SMILES string of the molecule is CCC(=NOCC1CCCCC1)c1ccc(C(F)(F)F)cc1NS(=O)(=O)C(F)(F)F. The Morgan fingerprint density at radius 2 is 1.77 bits per heavy atom. The van der Waals surface area contributed by atoms with Crippen molar-refractivity contribution < 1.29 is 39.6 Å². The molecular weight excluding hydrogens is 438 g/mol. The van der Waals surface area contributed by atoms with E-state index in [9.17, 15) is 34.8 Å². The molecule has 0 aromatic heterocycles. The van der Waals surface area contributed by atoms with E-state index in [2.05, 4.69) is 5.16 Å². The van der Waals surface area contributed by atoms with E-state index in [-0.39, 0.29) is 30.2 Å². The summed E-state index contributed by atoms with van der Waals surface area (Å²) in [6.07, 6.45) is 0.367. The molecule has 12 heteroatoms. The fraction of sp³-hybridized carbons (Fsp3) is 0.611. The van der Waals surface area contributed by atoms with Gasteiger partial charge >= 0.3 is 21.7 Å². The van der Waals surface area contributed by atoms with Crippen molar-refractivity contribution in [2.75, 3.05) is 11.3 Å². The number of alkyl halides is 6. The van der Waals surface area contributed by atoms with Crippen LogP contribution in [-0.4, -0.2) is 26.2 Å². The molecule has 170 valence electrons. The van der Waals surface area contributed by atoms with E-state index in [1.165, 1.54) is 4.72 Å². The number of nitrogens with zero attached hydrogens (tertiary/aromatic N) is 1. The lowest BCUT2D eigenvalue weighted by Crippen LogP contribution is -2.30. The number of hydrogen-bond acceptors (Lipinski definition) is 4. The second-order valence-corrected chi connectivity index (χ2v) is 8.67. The zero-order valence-electron chi connectivity index (χ0n) is 16.1. The van der Waals surface area contributed by atoms with Crippen LogP contribution in [-0.2, 0) is 21.0 Å². The highest BCUT2D eigenvalue weighted by Gasteiger charge is 2.46. The molecule has 0 aliphatic heterocycles. The van der Waals surface area contributed by atoms with E-state index < -0.39 is 33.0 Å². The summed E-state index contributed by atoms with van der Waals surface area (Å²) in [5.41, 5.74) is -8.06. The first-order valence-corrected chi connectivity index (χ1v) is 10.8. The molecule has 0 unspecified atom stereocenters. The van der Waals surface area contributed by atoms with Gasteiger partial charge in [0.2, 0.25) is 0 Å². The van der Waals surface area contributed by atoms with Gasteiger partial charge in [-0.05, 0) is 37.3 Å². The molecule has 0 saturated heterocycles. The van der Waals surface area contributed by atoms with Crippen LogP contribution >= 0.6 is 0 Å². The smallest absolute Gasteiger partial charge is 0.395 e. The van der Waals surface area contributed by atoms with Gasteiger partial charge in [0.25, 0.3) is 0 Å². The van der Waals surface area contributed by atoms with Gasteiger partial charge in [-0.25, -0.2) is 0 Å². The first kappa shape index (κ1) is 24.3. The lowest BCUT2D eigenvalue weighted by Gasteiger charge is -2.20. The molecule has 2 rings (SSSR count). The molecule has 0 bridgehead atoms. The third-order valence-corrected chi connectivity index (χ3v) is 5.85. The van der Waals surface area contributed by atoms with Gasteiger partial charge in [-0.1, -0.05) is 37.4 Å². The van der Waals surface area contributed by atoms with Crippen molar-refractivity contribution in [3.05, 3.63) is 29.3 Å². The molecule has 5 nitrogen and oxygen atoms in total. The van der Waals surface area contributed by atoms with Crippen molar-refractivity contribution in [1.82, 2.24) is 0 Å². The molecular formula is C18H22F6N2O3S. The van der Waals surface area contributed by atoms with Gasteiger partial charge in [-0.15, -0.1) is 0 Å². The molecule has 0 heterocycles. The van der Waals surface area contributed by atoms with Gasteiger partial charge in [0.1, 0.15) is 6.61 Å². The first-order chi connectivity index (χ1) is 13.8. The maximum atomic E-state index is 13.0. The van der Waals surface area contributed by atoms with Gasteiger partial charge in [0.05, 0.1) is 17.0 Å². The zero-order chi connectivity index (χ0) is 22.6. The van der Waals surface area contributed by atoms with Crippen LogP contribution in [0.1, 0.15) is 56.6 Å². The Kier molecular flexibility index (Phi) is 7.64. The van der Waals surface area contributed by atoms with Gasteiger partial charge in [0, 0.05) is 5.56 Å². The third kappa shape index (κ3) is 6.26. The number of anilines is 1. The minimum atomic E-state index is -5.93. The van der Waals surface area contributed by atoms with Crippen LogP contribution in [0, 0.1) is 5.92 Å². The van der Waals surface area contributed by atoms with E-state index in [1.807, 2.05) is 0 Å². The van der Waals surface area contributed by atoms with Crippen LogP contribution in [0.25, 0.3) is 0 Å². The molecule has 1 N–H and O–H groups in total. The minimum Gasteiger partial charge on any atom is -0.395 e. The molecule has 1 aromatic carbocycles. The van der Waals surface area contributed by atoms with E-state index in [4.69, 9.17) is 4.84 Å². The number of hydrogen-bond donors (Lipinski definition) is 1. The summed E-state index contributed by atoms with van der Waals surface area (Å²) in [5, 5.41) is 3.87. The molecule has 0 atom stereocenters. The van der Waals surface area contributed by atoms with Gasteiger partial charge in [0.15, 0.2) is 0 Å². The molecule has 0 radical (unpaired) electrons.